The zero-order valence-electron chi connectivity index (χ0n) is 16.3. The van der Waals surface area contributed by atoms with Gasteiger partial charge in [-0.1, -0.05) is 55.0 Å². The van der Waals surface area contributed by atoms with Gasteiger partial charge in [-0.3, -0.25) is 0 Å². The number of para-hydroxylation sites is 1. The second-order valence-electron chi connectivity index (χ2n) is 8.00. The van der Waals surface area contributed by atoms with E-state index in [0.29, 0.717) is 5.92 Å². The number of fused-ring (bicyclic) bond motifs is 6. The lowest BCUT2D eigenvalue weighted by Gasteiger charge is -2.10. The Bertz CT molecular complexity index is 1440. The molecule has 136 valence electrons. The number of aromatic nitrogens is 1. The van der Waals surface area contributed by atoms with Crippen molar-refractivity contribution in [1.82, 2.24) is 4.98 Å². The van der Waals surface area contributed by atoms with Gasteiger partial charge in [0.2, 0.25) is 0 Å². The zero-order valence-corrected chi connectivity index (χ0v) is 17.1. The molecule has 2 heterocycles. The normalized spacial score (nSPS) is 16.6. The van der Waals surface area contributed by atoms with Crippen LogP contribution in [-0.4, -0.2) is 4.98 Å². The summed E-state index contributed by atoms with van der Waals surface area (Å²) in [7, 11) is 0. The minimum Gasteiger partial charge on any atom is -0.358 e. The fourth-order valence-electron chi connectivity index (χ4n) is 5.02. The van der Waals surface area contributed by atoms with Gasteiger partial charge in [0.15, 0.2) is 0 Å². The standard InChI is InChI=1S/C26H21NS/c1-14-13-17-7-6-9-20(26(17)27-14)23-15(2)16(3)24-19(23)11-12-22-25(24)18-8-4-5-10-21(18)28-22/h4-13,16,27H,1-3H3. The van der Waals surface area contributed by atoms with E-state index in [1.165, 1.54) is 64.6 Å². The molecule has 0 aliphatic heterocycles. The molecule has 1 N–H and O–H groups in total. The summed E-state index contributed by atoms with van der Waals surface area (Å²) in [4.78, 5) is 3.60. The predicted octanol–water partition coefficient (Wildman–Crippen LogP) is 7.78. The number of rotatable bonds is 1. The van der Waals surface area contributed by atoms with Crippen molar-refractivity contribution in [2.24, 2.45) is 0 Å². The Kier molecular flexibility index (Phi) is 3.22. The zero-order chi connectivity index (χ0) is 19.0. The first kappa shape index (κ1) is 16.1. The van der Waals surface area contributed by atoms with Gasteiger partial charge < -0.3 is 4.98 Å². The first-order chi connectivity index (χ1) is 13.6. The van der Waals surface area contributed by atoms with Gasteiger partial charge in [0.05, 0.1) is 5.52 Å². The summed E-state index contributed by atoms with van der Waals surface area (Å²) in [5, 5.41) is 4.14. The Morgan fingerprint density at radius 3 is 2.61 bits per heavy atom. The maximum absolute atomic E-state index is 3.60. The molecular formula is C26H21NS. The van der Waals surface area contributed by atoms with E-state index in [2.05, 4.69) is 86.4 Å². The average molecular weight is 380 g/mol. The van der Waals surface area contributed by atoms with Crippen LogP contribution in [0.15, 0.2) is 66.2 Å². The minimum absolute atomic E-state index is 0.429. The van der Waals surface area contributed by atoms with Crippen LogP contribution in [0.3, 0.4) is 0 Å². The van der Waals surface area contributed by atoms with Crippen molar-refractivity contribution in [2.75, 3.05) is 0 Å². The number of benzene rings is 3. The van der Waals surface area contributed by atoms with Crippen LogP contribution >= 0.6 is 11.3 Å². The van der Waals surface area contributed by atoms with E-state index >= 15 is 0 Å². The van der Waals surface area contributed by atoms with Crippen LogP contribution in [0.2, 0.25) is 0 Å². The number of H-pyrrole nitrogens is 1. The summed E-state index contributed by atoms with van der Waals surface area (Å²) >= 11 is 1.91. The molecule has 6 rings (SSSR count). The molecule has 1 unspecified atom stereocenters. The van der Waals surface area contributed by atoms with Crippen molar-refractivity contribution < 1.29 is 0 Å². The highest BCUT2D eigenvalue weighted by Crippen LogP contribution is 2.51. The van der Waals surface area contributed by atoms with E-state index in [4.69, 9.17) is 0 Å². The summed E-state index contributed by atoms with van der Waals surface area (Å²) < 4.78 is 2.78. The highest BCUT2D eigenvalue weighted by atomic mass is 32.1. The lowest BCUT2D eigenvalue weighted by molar-refractivity contribution is 0.931. The van der Waals surface area contributed by atoms with Crippen molar-refractivity contribution >= 4 is 48.0 Å². The van der Waals surface area contributed by atoms with Gasteiger partial charge in [0.1, 0.15) is 0 Å². The summed E-state index contributed by atoms with van der Waals surface area (Å²) in [6.45, 7) is 6.82. The SMILES string of the molecule is CC1=C(c2cccc3cc(C)[nH]c23)c2ccc3sc4ccccc4c3c2C1C. The largest absolute Gasteiger partial charge is 0.358 e. The Morgan fingerprint density at radius 1 is 0.857 bits per heavy atom. The summed E-state index contributed by atoms with van der Waals surface area (Å²) in [6, 6.07) is 22.4. The molecule has 0 saturated carbocycles. The molecule has 28 heavy (non-hydrogen) atoms. The van der Waals surface area contributed by atoms with Gasteiger partial charge in [-0.2, -0.15) is 0 Å². The van der Waals surface area contributed by atoms with Crippen molar-refractivity contribution in [1.29, 1.82) is 0 Å². The second-order valence-corrected chi connectivity index (χ2v) is 9.08. The molecule has 2 aromatic heterocycles. The highest BCUT2D eigenvalue weighted by molar-refractivity contribution is 7.25. The molecule has 0 saturated heterocycles. The second kappa shape index (κ2) is 5.59. The van der Waals surface area contributed by atoms with Gasteiger partial charge in [-0.05, 0) is 48.7 Å². The predicted molar refractivity (Wildman–Crippen MR) is 122 cm³/mol. The number of thiophene rings is 1. The van der Waals surface area contributed by atoms with Crippen LogP contribution in [0.4, 0.5) is 0 Å². The van der Waals surface area contributed by atoms with E-state index in [9.17, 15) is 0 Å². The Labute approximate surface area is 168 Å². The van der Waals surface area contributed by atoms with E-state index in [-0.39, 0.29) is 0 Å². The third-order valence-corrected chi connectivity index (χ3v) is 7.53. The van der Waals surface area contributed by atoms with Crippen molar-refractivity contribution in [2.45, 2.75) is 26.7 Å². The van der Waals surface area contributed by atoms with E-state index in [1.54, 1.807) is 0 Å². The van der Waals surface area contributed by atoms with Gasteiger partial charge in [0.25, 0.3) is 0 Å². The van der Waals surface area contributed by atoms with Crippen LogP contribution in [0.1, 0.15) is 42.1 Å². The topological polar surface area (TPSA) is 15.8 Å². The number of aryl methyl sites for hydroxylation is 1. The van der Waals surface area contributed by atoms with Crippen LogP contribution in [0.5, 0.6) is 0 Å². The quantitative estimate of drug-likeness (QED) is 0.306. The Balaban J connectivity index is 1.71. The molecule has 3 aromatic carbocycles. The monoisotopic (exact) mass is 379 g/mol. The maximum Gasteiger partial charge on any atom is 0.0535 e. The lowest BCUT2D eigenvalue weighted by Crippen LogP contribution is -1.91. The molecular weight excluding hydrogens is 358 g/mol. The van der Waals surface area contributed by atoms with E-state index < -0.39 is 0 Å². The first-order valence-electron chi connectivity index (χ1n) is 9.87. The molecule has 0 spiro atoms. The Hall–Kier alpha value is -2.84. The summed E-state index contributed by atoms with van der Waals surface area (Å²) in [5.74, 6) is 0.429. The highest BCUT2D eigenvalue weighted by Gasteiger charge is 2.30. The van der Waals surface area contributed by atoms with Gasteiger partial charge in [0, 0.05) is 42.7 Å². The smallest absolute Gasteiger partial charge is 0.0535 e. The van der Waals surface area contributed by atoms with Crippen LogP contribution in [0.25, 0.3) is 36.6 Å². The van der Waals surface area contributed by atoms with Gasteiger partial charge >= 0.3 is 0 Å². The molecule has 1 aliphatic rings. The lowest BCUT2D eigenvalue weighted by atomic mass is 9.93. The molecule has 1 atom stereocenters. The molecule has 0 amide bonds. The number of aromatic amines is 1. The summed E-state index contributed by atoms with van der Waals surface area (Å²) in [6.07, 6.45) is 0. The van der Waals surface area contributed by atoms with Gasteiger partial charge in [-0.15, -0.1) is 11.3 Å². The number of nitrogens with one attached hydrogen (secondary N) is 1. The Morgan fingerprint density at radius 2 is 1.71 bits per heavy atom. The van der Waals surface area contributed by atoms with Crippen molar-refractivity contribution in [3.8, 4) is 0 Å². The molecule has 2 heteroatoms. The fraction of sp³-hybridized carbons (Fsp3) is 0.154. The number of hydrogen-bond donors (Lipinski definition) is 1. The molecule has 1 nitrogen and oxygen atoms in total. The summed E-state index contributed by atoms with van der Waals surface area (Å²) in [5.41, 5.74) is 9.58. The maximum atomic E-state index is 3.60. The first-order valence-corrected chi connectivity index (χ1v) is 10.7. The third kappa shape index (κ3) is 2.01. The average Bonchev–Trinajstić information content (AvgIpc) is 3.33. The molecule has 0 bridgehead atoms. The molecule has 1 aliphatic carbocycles. The fourth-order valence-corrected chi connectivity index (χ4v) is 6.14. The number of hydrogen-bond acceptors (Lipinski definition) is 1. The molecule has 0 radical (unpaired) electrons. The minimum atomic E-state index is 0.429. The van der Waals surface area contributed by atoms with Crippen molar-refractivity contribution in [3.63, 3.8) is 0 Å². The van der Waals surface area contributed by atoms with Crippen LogP contribution < -0.4 is 0 Å². The van der Waals surface area contributed by atoms with Crippen molar-refractivity contribution in [3.05, 3.63) is 88.6 Å². The van der Waals surface area contributed by atoms with Crippen LogP contribution in [0, 0.1) is 6.92 Å². The van der Waals surface area contributed by atoms with E-state index in [0.717, 1.165) is 0 Å². The van der Waals surface area contributed by atoms with Crippen LogP contribution in [-0.2, 0) is 0 Å². The third-order valence-electron chi connectivity index (χ3n) is 6.39. The molecule has 0 fully saturated rings. The molecule has 5 aromatic rings. The van der Waals surface area contributed by atoms with Gasteiger partial charge in [-0.25, -0.2) is 0 Å². The number of allylic oxidation sites excluding steroid dienone is 1. The van der Waals surface area contributed by atoms with E-state index in [1.807, 2.05) is 11.3 Å².